The summed E-state index contributed by atoms with van der Waals surface area (Å²) in [6.45, 7) is 5.94. The molecule has 0 bridgehead atoms. The van der Waals surface area contributed by atoms with Gasteiger partial charge in [-0.05, 0) is 32.4 Å². The molecule has 0 radical (unpaired) electrons. The molecule has 9 heteroatoms. The second-order valence-corrected chi connectivity index (χ2v) is 8.32. The first-order chi connectivity index (χ1) is 13.4. The predicted octanol–water partition coefficient (Wildman–Crippen LogP) is 3.51. The number of amides is 2. The molecule has 2 aliphatic rings. The number of alkyl halides is 3. The van der Waals surface area contributed by atoms with Gasteiger partial charge in [0.1, 0.15) is 5.60 Å². The summed E-state index contributed by atoms with van der Waals surface area (Å²) in [7, 11) is 1.46. The van der Waals surface area contributed by atoms with Crippen molar-refractivity contribution < 1.29 is 32.2 Å². The van der Waals surface area contributed by atoms with E-state index in [2.05, 4.69) is 0 Å². The van der Waals surface area contributed by atoms with Gasteiger partial charge in [-0.1, -0.05) is 12.1 Å². The van der Waals surface area contributed by atoms with Crippen molar-refractivity contribution in [2.24, 2.45) is 0 Å². The van der Waals surface area contributed by atoms with Crippen molar-refractivity contribution in [1.29, 1.82) is 0 Å². The lowest BCUT2D eigenvalue weighted by molar-refractivity contribution is -0.138. The molecule has 0 unspecified atom stereocenters. The fraction of sp³-hybridized carbons (Fsp3) is 0.600. The van der Waals surface area contributed by atoms with Crippen LogP contribution < -0.4 is 0 Å². The topological polar surface area (TPSA) is 59.1 Å². The Hall–Kier alpha value is -2.29. The molecule has 0 aliphatic carbocycles. The standard InChI is InChI=1S/C20H25F3N2O4/c1-19(2,3)29-18(27)24-10-13-12-6-5-7-14(20(21,22)23)16(12)17(26)25(8-9-28-4)15(13)11-24/h5-7,13,15H,8-11H2,1-4H3/t13-,15+/m1/s1. The normalized spacial score (nSPS) is 21.8. The van der Waals surface area contributed by atoms with Crippen LogP contribution >= 0.6 is 0 Å². The van der Waals surface area contributed by atoms with Crippen molar-refractivity contribution in [3.8, 4) is 0 Å². The molecule has 160 valence electrons. The van der Waals surface area contributed by atoms with Crippen LogP contribution in [0.25, 0.3) is 0 Å². The van der Waals surface area contributed by atoms with E-state index in [9.17, 15) is 22.8 Å². The lowest BCUT2D eigenvalue weighted by Crippen LogP contribution is -2.50. The Bertz CT molecular complexity index is 804. The number of hydrogen-bond donors (Lipinski definition) is 0. The van der Waals surface area contributed by atoms with Crippen molar-refractivity contribution in [1.82, 2.24) is 9.80 Å². The highest BCUT2D eigenvalue weighted by Crippen LogP contribution is 2.43. The largest absolute Gasteiger partial charge is 0.444 e. The fourth-order valence-electron chi connectivity index (χ4n) is 3.99. The molecule has 6 nitrogen and oxygen atoms in total. The molecule has 29 heavy (non-hydrogen) atoms. The zero-order chi connectivity index (χ0) is 21.6. The third-order valence-corrected chi connectivity index (χ3v) is 5.15. The zero-order valence-corrected chi connectivity index (χ0v) is 16.9. The first-order valence-corrected chi connectivity index (χ1v) is 9.42. The lowest BCUT2D eigenvalue weighted by Gasteiger charge is -2.38. The Morgan fingerprint density at radius 1 is 1.21 bits per heavy atom. The van der Waals surface area contributed by atoms with Crippen LogP contribution in [0.4, 0.5) is 18.0 Å². The van der Waals surface area contributed by atoms with Crippen molar-refractivity contribution in [2.45, 2.75) is 44.5 Å². The second kappa shape index (κ2) is 7.51. The Kier molecular flexibility index (Phi) is 5.55. The fourth-order valence-corrected chi connectivity index (χ4v) is 3.99. The van der Waals surface area contributed by atoms with E-state index < -0.39 is 41.3 Å². The number of methoxy groups -OCH3 is 1. The van der Waals surface area contributed by atoms with Crippen LogP contribution in [0.3, 0.4) is 0 Å². The summed E-state index contributed by atoms with van der Waals surface area (Å²) in [6.07, 6.45) is -5.19. The monoisotopic (exact) mass is 414 g/mol. The molecule has 2 heterocycles. The minimum atomic E-state index is -4.65. The van der Waals surface area contributed by atoms with Gasteiger partial charge in [0.15, 0.2) is 0 Å². The van der Waals surface area contributed by atoms with Crippen LogP contribution in [0, 0.1) is 0 Å². The van der Waals surface area contributed by atoms with Gasteiger partial charge in [0, 0.05) is 32.7 Å². The van der Waals surface area contributed by atoms with Crippen LogP contribution in [0.5, 0.6) is 0 Å². The third-order valence-electron chi connectivity index (χ3n) is 5.15. The molecule has 2 atom stereocenters. The van der Waals surface area contributed by atoms with Crippen molar-refractivity contribution in [3.05, 3.63) is 34.9 Å². The van der Waals surface area contributed by atoms with Gasteiger partial charge in [-0.3, -0.25) is 4.79 Å². The number of hydrogen-bond acceptors (Lipinski definition) is 4. The van der Waals surface area contributed by atoms with Gasteiger partial charge >= 0.3 is 12.3 Å². The maximum atomic E-state index is 13.6. The molecule has 1 aromatic rings. The van der Waals surface area contributed by atoms with Crippen molar-refractivity contribution >= 4 is 12.0 Å². The number of ether oxygens (including phenoxy) is 2. The third kappa shape index (κ3) is 4.19. The van der Waals surface area contributed by atoms with E-state index in [1.54, 1.807) is 26.8 Å². The first-order valence-electron chi connectivity index (χ1n) is 9.42. The number of nitrogens with zero attached hydrogens (tertiary/aromatic N) is 2. The molecule has 2 aliphatic heterocycles. The number of benzene rings is 1. The number of halogens is 3. The van der Waals surface area contributed by atoms with Gasteiger partial charge in [-0.2, -0.15) is 13.2 Å². The maximum Gasteiger partial charge on any atom is 0.417 e. The van der Waals surface area contributed by atoms with Gasteiger partial charge in [-0.15, -0.1) is 0 Å². The molecule has 2 amide bonds. The summed E-state index contributed by atoms with van der Waals surface area (Å²) < 4.78 is 51.2. The summed E-state index contributed by atoms with van der Waals surface area (Å²) in [5.74, 6) is -1.10. The summed E-state index contributed by atoms with van der Waals surface area (Å²) in [6, 6.07) is 3.35. The number of fused-ring (bicyclic) bond motifs is 3. The predicted molar refractivity (Wildman–Crippen MR) is 98.7 cm³/mol. The van der Waals surface area contributed by atoms with Gasteiger partial charge in [0.25, 0.3) is 5.91 Å². The molecule has 1 aromatic carbocycles. The number of likely N-dealkylation sites (tertiary alicyclic amines) is 1. The highest BCUT2D eigenvalue weighted by atomic mass is 19.4. The minimum absolute atomic E-state index is 0.143. The number of carbonyl (C=O) groups excluding carboxylic acids is 2. The van der Waals surface area contributed by atoms with Gasteiger partial charge in [0.05, 0.1) is 23.8 Å². The summed E-state index contributed by atoms with van der Waals surface area (Å²) in [5.41, 5.74) is -1.65. The van der Waals surface area contributed by atoms with Crippen LogP contribution in [-0.4, -0.2) is 66.8 Å². The quantitative estimate of drug-likeness (QED) is 0.760. The molecule has 3 rings (SSSR count). The van der Waals surface area contributed by atoms with Gasteiger partial charge in [-0.25, -0.2) is 4.79 Å². The van der Waals surface area contributed by atoms with E-state index in [4.69, 9.17) is 9.47 Å². The smallest absolute Gasteiger partial charge is 0.417 e. The summed E-state index contributed by atoms with van der Waals surface area (Å²) in [5, 5.41) is 0. The molecular formula is C20H25F3N2O4. The molecule has 0 spiro atoms. The summed E-state index contributed by atoms with van der Waals surface area (Å²) >= 11 is 0. The lowest BCUT2D eigenvalue weighted by atomic mass is 9.82. The Balaban J connectivity index is 2.01. The van der Waals surface area contributed by atoms with Crippen LogP contribution in [0.1, 0.15) is 48.2 Å². The molecule has 0 aromatic heterocycles. The van der Waals surface area contributed by atoms with E-state index in [-0.39, 0.29) is 31.8 Å². The first kappa shape index (κ1) is 21.4. The van der Waals surface area contributed by atoms with Crippen molar-refractivity contribution in [3.63, 3.8) is 0 Å². The maximum absolute atomic E-state index is 13.6. The van der Waals surface area contributed by atoms with E-state index in [0.29, 0.717) is 5.56 Å². The molecular weight excluding hydrogens is 389 g/mol. The van der Waals surface area contributed by atoms with Crippen LogP contribution in [0.2, 0.25) is 0 Å². The number of rotatable bonds is 3. The Morgan fingerprint density at radius 2 is 1.90 bits per heavy atom. The number of carbonyl (C=O) groups is 2. The van der Waals surface area contributed by atoms with E-state index in [1.807, 2.05) is 0 Å². The SMILES string of the molecule is COCCN1C(=O)c2c(cccc2C(F)(F)F)[C@H]2CN(C(=O)OC(C)(C)C)C[C@@H]21. The van der Waals surface area contributed by atoms with Gasteiger partial charge in [0.2, 0.25) is 0 Å². The molecule has 1 fully saturated rings. The summed E-state index contributed by atoms with van der Waals surface area (Å²) in [4.78, 5) is 28.5. The highest BCUT2D eigenvalue weighted by molar-refractivity contribution is 5.99. The van der Waals surface area contributed by atoms with Crippen molar-refractivity contribution in [2.75, 3.05) is 33.4 Å². The Labute approximate surface area is 167 Å². The van der Waals surface area contributed by atoms with E-state index in [0.717, 1.165) is 6.07 Å². The average Bonchev–Trinajstić information content (AvgIpc) is 3.04. The molecule has 0 N–H and O–H groups in total. The molecule has 0 saturated carbocycles. The van der Waals surface area contributed by atoms with E-state index >= 15 is 0 Å². The average molecular weight is 414 g/mol. The zero-order valence-electron chi connectivity index (χ0n) is 16.9. The van der Waals surface area contributed by atoms with Crippen LogP contribution in [-0.2, 0) is 15.7 Å². The van der Waals surface area contributed by atoms with Crippen LogP contribution in [0.15, 0.2) is 18.2 Å². The van der Waals surface area contributed by atoms with Gasteiger partial charge < -0.3 is 19.3 Å². The van der Waals surface area contributed by atoms with E-state index in [1.165, 1.54) is 23.0 Å². The molecule has 1 saturated heterocycles. The highest BCUT2D eigenvalue weighted by Gasteiger charge is 2.50. The minimum Gasteiger partial charge on any atom is -0.444 e. The Morgan fingerprint density at radius 3 is 2.48 bits per heavy atom. The second-order valence-electron chi connectivity index (χ2n) is 8.32.